The van der Waals surface area contributed by atoms with Crippen molar-refractivity contribution in [2.24, 2.45) is 5.73 Å². The Bertz CT molecular complexity index is 456. The molecule has 116 valence electrons. The highest BCUT2D eigenvalue weighted by Crippen LogP contribution is 2.19. The van der Waals surface area contributed by atoms with E-state index in [4.69, 9.17) is 5.73 Å². The van der Waals surface area contributed by atoms with Gasteiger partial charge in [0, 0.05) is 19.1 Å². The number of nitrogens with zero attached hydrogens (tertiary/aromatic N) is 1. The standard InChI is InChI=1S/C17H27N3O/c1-13-5-3-4-10-20(13)12-16-8-6-15(7-9-16)11-19-17(21)14(2)18/h6-9,13-14H,3-5,10-12,18H2,1-2H3,(H,19,21)/t13?,14-/m1/s1. The van der Waals surface area contributed by atoms with Crippen LogP contribution < -0.4 is 11.1 Å². The van der Waals surface area contributed by atoms with Crippen molar-refractivity contribution in [3.8, 4) is 0 Å². The molecule has 1 aliphatic rings. The number of nitrogens with one attached hydrogen (secondary N) is 1. The fourth-order valence-electron chi connectivity index (χ4n) is 2.74. The van der Waals surface area contributed by atoms with Gasteiger partial charge in [-0.1, -0.05) is 30.7 Å². The second-order valence-electron chi connectivity index (χ2n) is 6.14. The third-order valence-corrected chi connectivity index (χ3v) is 4.23. The molecule has 1 amide bonds. The average molecular weight is 289 g/mol. The van der Waals surface area contributed by atoms with Crippen LogP contribution in [0.3, 0.4) is 0 Å². The zero-order valence-corrected chi connectivity index (χ0v) is 13.1. The third kappa shape index (κ3) is 4.83. The van der Waals surface area contributed by atoms with Crippen molar-refractivity contribution in [3.05, 3.63) is 35.4 Å². The molecule has 1 fully saturated rings. The SMILES string of the molecule is CC1CCCCN1Cc1ccc(CNC(=O)[C@@H](C)N)cc1. The highest BCUT2D eigenvalue weighted by Gasteiger charge is 2.17. The summed E-state index contributed by atoms with van der Waals surface area (Å²) in [4.78, 5) is 14.0. The largest absolute Gasteiger partial charge is 0.351 e. The van der Waals surface area contributed by atoms with Gasteiger partial charge in [0.1, 0.15) is 0 Å². The molecule has 4 nitrogen and oxygen atoms in total. The Hall–Kier alpha value is -1.39. The van der Waals surface area contributed by atoms with Crippen molar-refractivity contribution in [3.63, 3.8) is 0 Å². The van der Waals surface area contributed by atoms with Crippen molar-refractivity contribution in [2.45, 2.75) is 58.3 Å². The summed E-state index contributed by atoms with van der Waals surface area (Å²) < 4.78 is 0. The van der Waals surface area contributed by atoms with Crippen LogP contribution in [-0.4, -0.2) is 29.4 Å². The van der Waals surface area contributed by atoms with E-state index in [1.807, 2.05) is 0 Å². The number of piperidine rings is 1. The van der Waals surface area contributed by atoms with Crippen LogP contribution in [0.4, 0.5) is 0 Å². The van der Waals surface area contributed by atoms with Crippen LogP contribution in [0.25, 0.3) is 0 Å². The molecule has 0 saturated carbocycles. The molecular weight excluding hydrogens is 262 g/mol. The summed E-state index contributed by atoms with van der Waals surface area (Å²) in [6.45, 7) is 6.77. The normalized spacial score (nSPS) is 21.0. The first-order valence-electron chi connectivity index (χ1n) is 7.91. The summed E-state index contributed by atoms with van der Waals surface area (Å²) >= 11 is 0. The van der Waals surface area contributed by atoms with Gasteiger partial charge in [0.05, 0.1) is 6.04 Å². The number of hydrogen-bond donors (Lipinski definition) is 2. The number of carbonyl (C=O) groups is 1. The number of likely N-dealkylation sites (tertiary alicyclic amines) is 1. The van der Waals surface area contributed by atoms with Crippen LogP contribution in [-0.2, 0) is 17.9 Å². The molecule has 1 aromatic rings. The maximum absolute atomic E-state index is 11.4. The maximum Gasteiger partial charge on any atom is 0.236 e. The van der Waals surface area contributed by atoms with E-state index in [9.17, 15) is 4.79 Å². The number of nitrogens with two attached hydrogens (primary N) is 1. The first-order chi connectivity index (χ1) is 10.1. The van der Waals surface area contributed by atoms with Crippen molar-refractivity contribution < 1.29 is 4.79 Å². The summed E-state index contributed by atoms with van der Waals surface area (Å²) in [5.74, 6) is -0.110. The molecule has 0 aromatic heterocycles. The molecule has 0 radical (unpaired) electrons. The van der Waals surface area contributed by atoms with E-state index >= 15 is 0 Å². The quantitative estimate of drug-likeness (QED) is 0.872. The van der Waals surface area contributed by atoms with Gasteiger partial charge < -0.3 is 11.1 Å². The molecule has 1 aromatic carbocycles. The molecule has 1 saturated heterocycles. The molecule has 1 aliphatic heterocycles. The van der Waals surface area contributed by atoms with Gasteiger partial charge in [0.15, 0.2) is 0 Å². The Kier molecular flexibility index (Phi) is 5.76. The van der Waals surface area contributed by atoms with E-state index in [1.165, 1.54) is 31.4 Å². The van der Waals surface area contributed by atoms with E-state index in [0.29, 0.717) is 12.6 Å². The van der Waals surface area contributed by atoms with Crippen LogP contribution in [0.5, 0.6) is 0 Å². The Labute approximate surface area is 127 Å². The minimum atomic E-state index is -0.454. The lowest BCUT2D eigenvalue weighted by molar-refractivity contribution is -0.122. The van der Waals surface area contributed by atoms with Crippen LogP contribution in [0, 0.1) is 0 Å². The van der Waals surface area contributed by atoms with Gasteiger partial charge >= 0.3 is 0 Å². The monoisotopic (exact) mass is 289 g/mol. The highest BCUT2D eigenvalue weighted by atomic mass is 16.2. The van der Waals surface area contributed by atoms with Gasteiger partial charge in [-0.05, 0) is 44.4 Å². The van der Waals surface area contributed by atoms with Crippen LogP contribution >= 0.6 is 0 Å². The molecule has 1 heterocycles. The third-order valence-electron chi connectivity index (χ3n) is 4.23. The van der Waals surface area contributed by atoms with Crippen LogP contribution in [0.1, 0.15) is 44.2 Å². The number of rotatable bonds is 5. The Morgan fingerprint density at radius 1 is 1.33 bits per heavy atom. The second kappa shape index (κ2) is 7.57. The lowest BCUT2D eigenvalue weighted by Crippen LogP contribution is -2.37. The molecule has 1 unspecified atom stereocenters. The summed E-state index contributed by atoms with van der Waals surface area (Å²) in [6.07, 6.45) is 3.98. The smallest absolute Gasteiger partial charge is 0.236 e. The summed E-state index contributed by atoms with van der Waals surface area (Å²) in [5, 5.41) is 2.83. The van der Waals surface area contributed by atoms with E-state index in [-0.39, 0.29) is 5.91 Å². The Balaban J connectivity index is 1.85. The molecule has 0 aliphatic carbocycles. The van der Waals surface area contributed by atoms with E-state index in [2.05, 4.69) is 41.4 Å². The molecular formula is C17H27N3O. The fraction of sp³-hybridized carbons (Fsp3) is 0.588. The Morgan fingerprint density at radius 2 is 2.00 bits per heavy atom. The van der Waals surface area contributed by atoms with Gasteiger partial charge in [-0.15, -0.1) is 0 Å². The summed E-state index contributed by atoms with van der Waals surface area (Å²) in [5.41, 5.74) is 7.97. The van der Waals surface area contributed by atoms with Gasteiger partial charge in [0.25, 0.3) is 0 Å². The first kappa shape index (κ1) is 16.0. The fourth-order valence-corrected chi connectivity index (χ4v) is 2.74. The van der Waals surface area contributed by atoms with Crippen molar-refractivity contribution >= 4 is 5.91 Å². The second-order valence-corrected chi connectivity index (χ2v) is 6.14. The Morgan fingerprint density at radius 3 is 2.62 bits per heavy atom. The highest BCUT2D eigenvalue weighted by molar-refractivity contribution is 5.80. The van der Waals surface area contributed by atoms with E-state index in [1.54, 1.807) is 6.92 Å². The minimum Gasteiger partial charge on any atom is -0.351 e. The molecule has 2 atom stereocenters. The lowest BCUT2D eigenvalue weighted by Gasteiger charge is -2.33. The number of hydrogen-bond acceptors (Lipinski definition) is 3. The summed E-state index contributed by atoms with van der Waals surface area (Å²) in [6, 6.07) is 8.73. The van der Waals surface area contributed by atoms with Crippen molar-refractivity contribution in [2.75, 3.05) is 6.54 Å². The van der Waals surface area contributed by atoms with E-state index in [0.717, 1.165) is 12.1 Å². The number of benzene rings is 1. The zero-order valence-electron chi connectivity index (χ0n) is 13.1. The van der Waals surface area contributed by atoms with Gasteiger partial charge in [-0.25, -0.2) is 0 Å². The number of carbonyl (C=O) groups excluding carboxylic acids is 1. The molecule has 21 heavy (non-hydrogen) atoms. The van der Waals surface area contributed by atoms with E-state index < -0.39 is 6.04 Å². The first-order valence-corrected chi connectivity index (χ1v) is 7.91. The summed E-state index contributed by atoms with van der Waals surface area (Å²) in [7, 11) is 0. The predicted molar refractivity (Wildman–Crippen MR) is 85.7 cm³/mol. The number of amides is 1. The lowest BCUT2D eigenvalue weighted by atomic mass is 10.0. The van der Waals surface area contributed by atoms with Gasteiger partial charge in [0.2, 0.25) is 5.91 Å². The molecule has 4 heteroatoms. The predicted octanol–water partition coefficient (Wildman–Crippen LogP) is 2.02. The molecule has 2 rings (SSSR count). The van der Waals surface area contributed by atoms with Gasteiger partial charge in [-0.2, -0.15) is 0 Å². The topological polar surface area (TPSA) is 58.4 Å². The molecule has 0 bridgehead atoms. The van der Waals surface area contributed by atoms with Crippen molar-refractivity contribution in [1.29, 1.82) is 0 Å². The van der Waals surface area contributed by atoms with Crippen LogP contribution in [0.15, 0.2) is 24.3 Å². The average Bonchev–Trinajstić information content (AvgIpc) is 2.48. The molecule has 3 N–H and O–H groups in total. The maximum atomic E-state index is 11.4. The van der Waals surface area contributed by atoms with Crippen molar-refractivity contribution in [1.82, 2.24) is 10.2 Å². The van der Waals surface area contributed by atoms with Gasteiger partial charge in [-0.3, -0.25) is 9.69 Å². The minimum absolute atomic E-state index is 0.110. The molecule has 0 spiro atoms. The zero-order chi connectivity index (χ0) is 15.2. The van der Waals surface area contributed by atoms with Crippen LogP contribution in [0.2, 0.25) is 0 Å².